The van der Waals surface area contributed by atoms with Gasteiger partial charge >= 0.3 is 0 Å². The summed E-state index contributed by atoms with van der Waals surface area (Å²) in [7, 11) is 0. The first-order valence-corrected chi connectivity index (χ1v) is 4.76. The molecule has 0 aromatic heterocycles. The Bertz CT molecular complexity index is 180. The molecular weight excluding hydrogens is 164 g/mol. The monoisotopic (exact) mass is 186 g/mol. The van der Waals surface area contributed by atoms with Crippen LogP contribution in [0.2, 0.25) is 0 Å². The number of rotatable bonds is 4. The van der Waals surface area contributed by atoms with Gasteiger partial charge in [-0.2, -0.15) is 0 Å². The predicted molar refractivity (Wildman–Crippen MR) is 55.3 cm³/mol. The first-order valence-electron chi connectivity index (χ1n) is 4.76. The molecule has 0 unspecified atom stereocenters. The van der Waals surface area contributed by atoms with Crippen LogP contribution in [0.3, 0.4) is 0 Å². The standard InChI is InChI=1S/C10H22N2O/c1-6-9(2,3)8(13)12-7-10(4,5)11/h6-7,11H2,1-5H3,(H,12,13). The molecule has 0 aliphatic heterocycles. The van der Waals surface area contributed by atoms with Crippen LogP contribution in [-0.2, 0) is 4.79 Å². The molecule has 78 valence electrons. The maximum atomic E-state index is 11.6. The minimum atomic E-state index is -0.334. The lowest BCUT2D eigenvalue weighted by atomic mass is 9.89. The van der Waals surface area contributed by atoms with E-state index in [1.807, 2.05) is 34.6 Å². The Hall–Kier alpha value is -0.570. The van der Waals surface area contributed by atoms with Gasteiger partial charge in [0.15, 0.2) is 0 Å². The van der Waals surface area contributed by atoms with Crippen molar-refractivity contribution in [1.82, 2.24) is 5.32 Å². The van der Waals surface area contributed by atoms with E-state index in [0.717, 1.165) is 6.42 Å². The Labute approximate surface area is 81.1 Å². The number of nitrogens with two attached hydrogens (primary N) is 1. The Morgan fingerprint density at radius 3 is 2.08 bits per heavy atom. The Morgan fingerprint density at radius 1 is 1.31 bits per heavy atom. The molecule has 3 nitrogen and oxygen atoms in total. The highest BCUT2D eigenvalue weighted by atomic mass is 16.2. The molecule has 0 bridgehead atoms. The van der Waals surface area contributed by atoms with Crippen LogP contribution < -0.4 is 11.1 Å². The zero-order chi connectivity index (χ0) is 10.7. The molecule has 0 radical (unpaired) electrons. The molecule has 0 heterocycles. The fourth-order valence-electron chi connectivity index (χ4n) is 0.708. The molecule has 0 saturated heterocycles. The fourth-order valence-corrected chi connectivity index (χ4v) is 0.708. The maximum absolute atomic E-state index is 11.6. The number of hydrogen-bond acceptors (Lipinski definition) is 2. The second-order valence-corrected chi connectivity index (χ2v) is 4.91. The molecule has 0 aliphatic rings. The summed E-state index contributed by atoms with van der Waals surface area (Å²) >= 11 is 0. The molecule has 1 amide bonds. The van der Waals surface area contributed by atoms with Gasteiger partial charge in [-0.1, -0.05) is 20.8 Å². The minimum Gasteiger partial charge on any atom is -0.354 e. The summed E-state index contributed by atoms with van der Waals surface area (Å²) in [6, 6.07) is 0. The summed E-state index contributed by atoms with van der Waals surface area (Å²) in [5.41, 5.74) is 5.13. The second kappa shape index (κ2) is 4.09. The van der Waals surface area contributed by atoms with Crippen LogP contribution >= 0.6 is 0 Å². The molecule has 3 N–H and O–H groups in total. The van der Waals surface area contributed by atoms with E-state index < -0.39 is 0 Å². The van der Waals surface area contributed by atoms with Gasteiger partial charge in [0.2, 0.25) is 5.91 Å². The second-order valence-electron chi connectivity index (χ2n) is 4.91. The Morgan fingerprint density at radius 2 is 1.77 bits per heavy atom. The first kappa shape index (κ1) is 12.4. The van der Waals surface area contributed by atoms with Crippen molar-refractivity contribution in [3.05, 3.63) is 0 Å². The topological polar surface area (TPSA) is 55.1 Å². The van der Waals surface area contributed by atoms with E-state index >= 15 is 0 Å². The Kier molecular flexibility index (Phi) is 3.91. The molecule has 0 aromatic rings. The highest BCUT2D eigenvalue weighted by Gasteiger charge is 2.26. The zero-order valence-corrected chi connectivity index (χ0v) is 9.40. The van der Waals surface area contributed by atoms with Crippen LogP contribution in [0, 0.1) is 5.41 Å². The predicted octanol–water partition coefficient (Wildman–Crippen LogP) is 1.28. The third-order valence-electron chi connectivity index (χ3n) is 2.20. The van der Waals surface area contributed by atoms with E-state index in [2.05, 4.69) is 5.32 Å². The van der Waals surface area contributed by atoms with E-state index in [1.54, 1.807) is 0 Å². The van der Waals surface area contributed by atoms with E-state index in [0.29, 0.717) is 6.54 Å². The lowest BCUT2D eigenvalue weighted by molar-refractivity contribution is -0.129. The van der Waals surface area contributed by atoms with E-state index in [-0.39, 0.29) is 16.9 Å². The zero-order valence-electron chi connectivity index (χ0n) is 9.40. The summed E-state index contributed by atoms with van der Waals surface area (Å²) in [5.74, 6) is 0.0773. The number of hydrogen-bond donors (Lipinski definition) is 2. The van der Waals surface area contributed by atoms with E-state index in [4.69, 9.17) is 5.73 Å². The van der Waals surface area contributed by atoms with Crippen LogP contribution in [0.1, 0.15) is 41.0 Å². The SMILES string of the molecule is CCC(C)(C)C(=O)NCC(C)(C)N. The molecule has 3 heteroatoms. The van der Waals surface area contributed by atoms with E-state index in [1.165, 1.54) is 0 Å². The van der Waals surface area contributed by atoms with Gasteiger partial charge in [-0.15, -0.1) is 0 Å². The minimum absolute atomic E-state index is 0.0773. The number of carbonyl (C=O) groups is 1. The number of amides is 1. The third-order valence-corrected chi connectivity index (χ3v) is 2.20. The van der Waals surface area contributed by atoms with Gasteiger partial charge in [0.1, 0.15) is 0 Å². The van der Waals surface area contributed by atoms with Crippen molar-refractivity contribution in [2.45, 2.75) is 46.6 Å². The molecule has 0 aromatic carbocycles. The highest BCUT2D eigenvalue weighted by molar-refractivity contribution is 5.81. The summed E-state index contributed by atoms with van der Waals surface area (Å²) in [4.78, 5) is 11.6. The average Bonchev–Trinajstić information content (AvgIpc) is 1.98. The van der Waals surface area contributed by atoms with Crippen molar-refractivity contribution in [3.63, 3.8) is 0 Å². The van der Waals surface area contributed by atoms with Crippen LogP contribution in [0.15, 0.2) is 0 Å². The molecule has 0 spiro atoms. The number of nitrogens with one attached hydrogen (secondary N) is 1. The molecular formula is C10H22N2O. The van der Waals surface area contributed by atoms with Crippen molar-refractivity contribution >= 4 is 5.91 Å². The maximum Gasteiger partial charge on any atom is 0.225 e. The van der Waals surface area contributed by atoms with Gasteiger partial charge < -0.3 is 11.1 Å². The summed E-state index contributed by atoms with van der Waals surface area (Å²) in [6.45, 7) is 10.2. The van der Waals surface area contributed by atoms with Gasteiger partial charge in [0.25, 0.3) is 0 Å². The van der Waals surface area contributed by atoms with Gasteiger partial charge in [-0.3, -0.25) is 4.79 Å². The average molecular weight is 186 g/mol. The van der Waals surface area contributed by atoms with Crippen molar-refractivity contribution in [2.75, 3.05) is 6.54 Å². The first-order chi connectivity index (χ1) is 5.69. The van der Waals surface area contributed by atoms with Gasteiger partial charge in [0, 0.05) is 17.5 Å². The van der Waals surface area contributed by atoms with Crippen molar-refractivity contribution in [2.24, 2.45) is 11.1 Å². The fraction of sp³-hybridized carbons (Fsp3) is 0.900. The lowest BCUT2D eigenvalue weighted by Crippen LogP contribution is -2.48. The van der Waals surface area contributed by atoms with Crippen molar-refractivity contribution < 1.29 is 4.79 Å². The molecule has 0 atom stereocenters. The molecule has 0 rings (SSSR count). The van der Waals surface area contributed by atoms with Gasteiger partial charge in [-0.25, -0.2) is 0 Å². The van der Waals surface area contributed by atoms with Crippen LogP contribution in [-0.4, -0.2) is 18.0 Å². The smallest absolute Gasteiger partial charge is 0.225 e. The van der Waals surface area contributed by atoms with Crippen LogP contribution in [0.25, 0.3) is 0 Å². The van der Waals surface area contributed by atoms with Crippen LogP contribution in [0.5, 0.6) is 0 Å². The third kappa shape index (κ3) is 4.88. The molecule has 0 aliphatic carbocycles. The van der Waals surface area contributed by atoms with Crippen molar-refractivity contribution in [3.8, 4) is 0 Å². The Balaban J connectivity index is 4.03. The normalized spacial score (nSPS) is 12.8. The largest absolute Gasteiger partial charge is 0.354 e. The highest BCUT2D eigenvalue weighted by Crippen LogP contribution is 2.19. The molecule has 0 saturated carbocycles. The lowest BCUT2D eigenvalue weighted by Gasteiger charge is -2.25. The number of carbonyl (C=O) groups excluding carboxylic acids is 1. The summed E-state index contributed by atoms with van der Waals surface area (Å²) in [5, 5.41) is 2.85. The molecule has 0 fully saturated rings. The summed E-state index contributed by atoms with van der Waals surface area (Å²) < 4.78 is 0. The van der Waals surface area contributed by atoms with E-state index in [9.17, 15) is 4.79 Å². The quantitative estimate of drug-likeness (QED) is 0.695. The van der Waals surface area contributed by atoms with Gasteiger partial charge in [0.05, 0.1) is 0 Å². The van der Waals surface area contributed by atoms with Gasteiger partial charge in [-0.05, 0) is 20.3 Å². The summed E-state index contributed by atoms with van der Waals surface area (Å²) in [6.07, 6.45) is 0.837. The van der Waals surface area contributed by atoms with Crippen LogP contribution in [0.4, 0.5) is 0 Å². The molecule has 13 heavy (non-hydrogen) atoms. The van der Waals surface area contributed by atoms with Crippen molar-refractivity contribution in [1.29, 1.82) is 0 Å².